The molecule has 152 valence electrons. The molecule has 1 amide bonds. The van der Waals surface area contributed by atoms with Crippen molar-refractivity contribution in [1.29, 1.82) is 0 Å². The summed E-state index contributed by atoms with van der Waals surface area (Å²) in [6.07, 6.45) is 2.05. The number of rotatable bonds is 6. The van der Waals surface area contributed by atoms with Gasteiger partial charge < -0.3 is 20.5 Å². The Hall–Kier alpha value is -2.08. The smallest absolute Gasteiger partial charge is 0.248 e. The predicted molar refractivity (Wildman–Crippen MR) is 114 cm³/mol. The summed E-state index contributed by atoms with van der Waals surface area (Å²) in [4.78, 5) is 12.7. The van der Waals surface area contributed by atoms with Crippen LogP contribution in [-0.4, -0.2) is 25.7 Å². The molecule has 1 aliphatic heterocycles. The number of nitrogens with one attached hydrogen (secondary N) is 1. The first-order valence-corrected chi connectivity index (χ1v) is 9.44. The quantitative estimate of drug-likeness (QED) is 0.762. The molecule has 1 aliphatic rings. The molecule has 1 heterocycles. The Kier molecular flexibility index (Phi) is 7.87. The van der Waals surface area contributed by atoms with Crippen LogP contribution in [0.25, 0.3) is 0 Å². The van der Waals surface area contributed by atoms with Gasteiger partial charge in [0, 0.05) is 25.0 Å². The molecule has 3 rings (SSSR count). The number of ether oxygens (including phenoxy) is 2. The highest BCUT2D eigenvalue weighted by atomic mass is 35.5. The van der Waals surface area contributed by atoms with Crippen molar-refractivity contribution in [2.75, 3.05) is 25.1 Å². The van der Waals surface area contributed by atoms with E-state index < -0.39 is 5.54 Å². The molecular weight excluding hydrogens is 376 g/mol. The van der Waals surface area contributed by atoms with Crippen LogP contribution >= 0.6 is 12.4 Å². The van der Waals surface area contributed by atoms with Gasteiger partial charge in [-0.05, 0) is 49.8 Å². The van der Waals surface area contributed by atoms with Gasteiger partial charge in [0.1, 0.15) is 11.3 Å². The molecule has 3 N–H and O–H groups in total. The Balaban J connectivity index is 0.00000280. The number of aryl methyl sites for hydroxylation is 1. The van der Waals surface area contributed by atoms with E-state index in [1.165, 1.54) is 0 Å². The summed E-state index contributed by atoms with van der Waals surface area (Å²) >= 11 is 0. The molecule has 1 saturated heterocycles. The summed E-state index contributed by atoms with van der Waals surface area (Å²) in [7, 11) is 0. The number of carbonyl (C=O) groups is 1. The lowest BCUT2D eigenvalue weighted by Crippen LogP contribution is -2.45. The average molecular weight is 405 g/mol. The Morgan fingerprint density at radius 2 is 1.89 bits per heavy atom. The summed E-state index contributed by atoms with van der Waals surface area (Å²) in [5, 5.41) is 2.92. The third-order valence-electron chi connectivity index (χ3n) is 5.11. The van der Waals surface area contributed by atoms with E-state index in [1.807, 2.05) is 55.5 Å². The van der Waals surface area contributed by atoms with Crippen LogP contribution in [0.2, 0.25) is 0 Å². The van der Waals surface area contributed by atoms with Gasteiger partial charge in [0.25, 0.3) is 0 Å². The molecule has 1 fully saturated rings. The maximum Gasteiger partial charge on any atom is 0.248 e. The fourth-order valence-electron chi connectivity index (χ4n) is 3.13. The molecule has 0 saturated carbocycles. The summed E-state index contributed by atoms with van der Waals surface area (Å²) in [5.41, 5.74) is 7.67. The Morgan fingerprint density at radius 1 is 1.21 bits per heavy atom. The third-order valence-corrected chi connectivity index (χ3v) is 5.11. The highest BCUT2D eigenvalue weighted by Crippen LogP contribution is 2.26. The lowest BCUT2D eigenvalue weighted by Gasteiger charge is -2.25. The van der Waals surface area contributed by atoms with Gasteiger partial charge in [0.05, 0.1) is 6.61 Å². The van der Waals surface area contributed by atoms with Crippen LogP contribution in [0.3, 0.4) is 0 Å². The van der Waals surface area contributed by atoms with Gasteiger partial charge in [-0.3, -0.25) is 4.79 Å². The van der Waals surface area contributed by atoms with Gasteiger partial charge in [0.2, 0.25) is 5.91 Å². The van der Waals surface area contributed by atoms with Crippen molar-refractivity contribution in [3.8, 4) is 5.75 Å². The van der Waals surface area contributed by atoms with Crippen LogP contribution in [0.5, 0.6) is 5.75 Å². The zero-order chi connectivity index (χ0) is 19.3. The van der Waals surface area contributed by atoms with E-state index in [0.29, 0.717) is 18.2 Å². The van der Waals surface area contributed by atoms with Gasteiger partial charge in [-0.15, -0.1) is 12.4 Å². The summed E-state index contributed by atoms with van der Waals surface area (Å²) in [5.74, 6) is 1.05. The van der Waals surface area contributed by atoms with Crippen LogP contribution in [0.1, 0.15) is 30.9 Å². The second-order valence-corrected chi connectivity index (χ2v) is 7.37. The number of halogens is 1. The molecule has 0 spiro atoms. The monoisotopic (exact) mass is 404 g/mol. The van der Waals surface area contributed by atoms with Crippen LogP contribution in [0.15, 0.2) is 48.5 Å². The van der Waals surface area contributed by atoms with Gasteiger partial charge in [-0.1, -0.05) is 36.4 Å². The first-order chi connectivity index (χ1) is 13.0. The zero-order valence-electron chi connectivity index (χ0n) is 16.4. The number of anilines is 1. The van der Waals surface area contributed by atoms with Crippen LogP contribution in [0, 0.1) is 12.8 Å². The van der Waals surface area contributed by atoms with Gasteiger partial charge in [-0.25, -0.2) is 0 Å². The second-order valence-electron chi connectivity index (χ2n) is 7.37. The van der Waals surface area contributed by atoms with Crippen LogP contribution < -0.4 is 15.8 Å². The molecular formula is C22H29ClN2O3. The van der Waals surface area contributed by atoms with E-state index in [4.69, 9.17) is 15.2 Å². The normalized spacial score (nSPS) is 16.5. The number of nitrogens with two attached hydrogens (primary N) is 1. The van der Waals surface area contributed by atoms with E-state index in [9.17, 15) is 4.79 Å². The average Bonchev–Trinajstić information content (AvgIpc) is 2.69. The molecule has 6 heteroatoms. The maximum atomic E-state index is 12.7. The molecule has 1 atom stereocenters. The third kappa shape index (κ3) is 5.47. The van der Waals surface area contributed by atoms with E-state index in [0.717, 1.165) is 42.9 Å². The van der Waals surface area contributed by atoms with E-state index in [2.05, 4.69) is 5.32 Å². The molecule has 0 radical (unpaired) electrons. The number of benzene rings is 2. The van der Waals surface area contributed by atoms with Crippen molar-refractivity contribution in [3.63, 3.8) is 0 Å². The van der Waals surface area contributed by atoms with Gasteiger partial charge >= 0.3 is 0 Å². The summed E-state index contributed by atoms with van der Waals surface area (Å²) in [6.45, 7) is 5.99. The molecule has 0 aliphatic carbocycles. The van der Waals surface area contributed by atoms with Crippen molar-refractivity contribution in [2.45, 2.75) is 32.2 Å². The number of hydrogen-bond donors (Lipinski definition) is 2. The largest absolute Gasteiger partial charge is 0.493 e. The molecule has 2 aromatic rings. The van der Waals surface area contributed by atoms with Crippen molar-refractivity contribution in [1.82, 2.24) is 0 Å². The zero-order valence-corrected chi connectivity index (χ0v) is 17.3. The molecule has 2 aromatic carbocycles. The first kappa shape index (κ1) is 22.2. The lowest BCUT2D eigenvalue weighted by atomic mass is 9.92. The number of hydrogen-bond acceptors (Lipinski definition) is 4. The Morgan fingerprint density at radius 3 is 2.57 bits per heavy atom. The molecule has 0 aromatic heterocycles. The van der Waals surface area contributed by atoms with Gasteiger partial charge in [-0.2, -0.15) is 0 Å². The van der Waals surface area contributed by atoms with Crippen molar-refractivity contribution < 1.29 is 14.3 Å². The van der Waals surface area contributed by atoms with Crippen LogP contribution in [-0.2, 0) is 15.1 Å². The first-order valence-electron chi connectivity index (χ1n) is 9.44. The lowest BCUT2D eigenvalue weighted by molar-refractivity contribution is -0.120. The van der Waals surface area contributed by atoms with Crippen LogP contribution in [0.4, 0.5) is 5.69 Å². The highest BCUT2D eigenvalue weighted by molar-refractivity contribution is 5.98. The SMILES string of the molecule is Cc1ccc(NC(=O)C(C)(N)c2ccccc2)cc1OCC1CCOCC1.Cl. The fourth-order valence-corrected chi connectivity index (χ4v) is 3.13. The number of carbonyl (C=O) groups excluding carboxylic acids is 1. The molecule has 0 bridgehead atoms. The minimum atomic E-state index is -1.12. The van der Waals surface area contributed by atoms with E-state index >= 15 is 0 Å². The molecule has 28 heavy (non-hydrogen) atoms. The fraction of sp³-hybridized carbons (Fsp3) is 0.409. The summed E-state index contributed by atoms with van der Waals surface area (Å²) in [6, 6.07) is 15.1. The van der Waals surface area contributed by atoms with Crippen molar-refractivity contribution in [2.24, 2.45) is 11.7 Å². The molecule has 5 nitrogen and oxygen atoms in total. The van der Waals surface area contributed by atoms with Crippen molar-refractivity contribution >= 4 is 24.0 Å². The highest BCUT2D eigenvalue weighted by Gasteiger charge is 2.30. The molecule has 1 unspecified atom stereocenters. The van der Waals surface area contributed by atoms with E-state index in [-0.39, 0.29) is 18.3 Å². The topological polar surface area (TPSA) is 73.6 Å². The summed E-state index contributed by atoms with van der Waals surface area (Å²) < 4.78 is 11.4. The predicted octanol–water partition coefficient (Wildman–Crippen LogP) is 4.03. The minimum absolute atomic E-state index is 0. The Bertz CT molecular complexity index is 775. The number of amides is 1. The van der Waals surface area contributed by atoms with Gasteiger partial charge in [0.15, 0.2) is 0 Å². The minimum Gasteiger partial charge on any atom is -0.493 e. The van der Waals surface area contributed by atoms with E-state index in [1.54, 1.807) is 6.92 Å². The maximum absolute atomic E-state index is 12.7. The second kappa shape index (κ2) is 9.92. The standard InChI is InChI=1S/C22H28N2O3.ClH/c1-16-8-9-19(14-20(16)27-15-17-10-12-26-13-11-17)24-21(25)22(2,23)18-6-4-3-5-7-18;/h3-9,14,17H,10-13,15,23H2,1-2H3,(H,24,25);1H. The Labute approximate surface area is 173 Å². The van der Waals surface area contributed by atoms with Crippen molar-refractivity contribution in [3.05, 3.63) is 59.7 Å².